The molecule has 0 aliphatic carbocycles. The van der Waals surface area contributed by atoms with Crippen molar-refractivity contribution in [3.63, 3.8) is 0 Å². The number of hydrogen-bond donors (Lipinski definition) is 2. The molecule has 8 heteroatoms. The molecule has 21 heavy (non-hydrogen) atoms. The van der Waals surface area contributed by atoms with E-state index in [-0.39, 0.29) is 22.2 Å². The number of carbonyl (C=O) groups excluding carboxylic acids is 1. The molecule has 0 radical (unpaired) electrons. The number of nitrogen functional groups attached to an aromatic ring is 1. The molecule has 0 fully saturated rings. The number of nitro groups is 1. The summed E-state index contributed by atoms with van der Waals surface area (Å²) in [5.74, 6) is -0.434. The Hall–Kier alpha value is -2.67. The van der Waals surface area contributed by atoms with Crippen LogP contribution in [0.3, 0.4) is 0 Å². The number of halogens is 1. The standard InChI is InChI=1S/C13H11ClN4O3/c1-7-9(3-2-4-10(7)18(20)21)16-13(19)12-8(14)5-6-11(15)17-12/h2-6H,1H3,(H2,15,17)(H,16,19). The van der Waals surface area contributed by atoms with E-state index in [0.717, 1.165) is 0 Å². The van der Waals surface area contributed by atoms with Crippen molar-refractivity contribution in [2.45, 2.75) is 6.92 Å². The van der Waals surface area contributed by atoms with Crippen molar-refractivity contribution in [3.8, 4) is 0 Å². The fourth-order valence-electron chi connectivity index (χ4n) is 1.75. The number of nitrogens with two attached hydrogens (primary N) is 1. The second-order valence-corrected chi connectivity index (χ2v) is 4.63. The van der Waals surface area contributed by atoms with Crippen molar-refractivity contribution in [1.82, 2.24) is 4.98 Å². The number of anilines is 2. The molecule has 1 aromatic heterocycles. The molecule has 1 amide bonds. The van der Waals surface area contributed by atoms with E-state index in [2.05, 4.69) is 10.3 Å². The Balaban J connectivity index is 2.34. The second-order valence-electron chi connectivity index (χ2n) is 4.23. The van der Waals surface area contributed by atoms with Gasteiger partial charge in [-0.2, -0.15) is 0 Å². The largest absolute Gasteiger partial charge is 0.384 e. The third kappa shape index (κ3) is 3.09. The summed E-state index contributed by atoms with van der Waals surface area (Å²) in [6.45, 7) is 1.54. The van der Waals surface area contributed by atoms with Crippen LogP contribution in [0.5, 0.6) is 0 Å². The predicted octanol–water partition coefficient (Wildman–Crippen LogP) is 2.79. The summed E-state index contributed by atoms with van der Waals surface area (Å²) in [5, 5.41) is 13.6. The highest BCUT2D eigenvalue weighted by Gasteiger charge is 2.17. The van der Waals surface area contributed by atoms with Crippen molar-refractivity contribution in [2.24, 2.45) is 0 Å². The first-order chi connectivity index (χ1) is 9.90. The number of carbonyl (C=O) groups is 1. The Kier molecular flexibility index (Phi) is 4.04. The monoisotopic (exact) mass is 306 g/mol. The first kappa shape index (κ1) is 14.7. The van der Waals surface area contributed by atoms with Gasteiger partial charge in [-0.25, -0.2) is 4.98 Å². The van der Waals surface area contributed by atoms with Crippen LogP contribution in [0.15, 0.2) is 30.3 Å². The van der Waals surface area contributed by atoms with Gasteiger partial charge in [0.25, 0.3) is 11.6 Å². The van der Waals surface area contributed by atoms with Crippen molar-refractivity contribution in [3.05, 3.63) is 56.7 Å². The summed E-state index contributed by atoms with van der Waals surface area (Å²) in [6, 6.07) is 7.32. The molecule has 1 heterocycles. The molecule has 0 saturated carbocycles. The lowest BCUT2D eigenvalue weighted by molar-refractivity contribution is -0.385. The molecule has 108 valence electrons. The predicted molar refractivity (Wildman–Crippen MR) is 79.4 cm³/mol. The molecule has 0 aliphatic rings. The molecule has 0 spiro atoms. The van der Waals surface area contributed by atoms with Gasteiger partial charge in [0.2, 0.25) is 0 Å². The minimum absolute atomic E-state index is 0.0393. The lowest BCUT2D eigenvalue weighted by Crippen LogP contribution is -2.16. The fourth-order valence-corrected chi connectivity index (χ4v) is 1.95. The van der Waals surface area contributed by atoms with Gasteiger partial charge in [0.1, 0.15) is 11.5 Å². The summed E-state index contributed by atoms with van der Waals surface area (Å²) in [7, 11) is 0. The van der Waals surface area contributed by atoms with Crippen molar-refractivity contribution < 1.29 is 9.72 Å². The average molecular weight is 307 g/mol. The van der Waals surface area contributed by atoms with E-state index in [4.69, 9.17) is 17.3 Å². The summed E-state index contributed by atoms with van der Waals surface area (Å²) >= 11 is 5.89. The molecule has 0 saturated heterocycles. The summed E-state index contributed by atoms with van der Waals surface area (Å²) in [5.41, 5.74) is 6.05. The van der Waals surface area contributed by atoms with Crippen molar-refractivity contribution >= 4 is 34.7 Å². The van der Waals surface area contributed by atoms with Crippen LogP contribution >= 0.6 is 11.6 Å². The third-order valence-electron chi connectivity index (χ3n) is 2.83. The molecular weight excluding hydrogens is 296 g/mol. The maximum atomic E-state index is 12.1. The number of aromatic nitrogens is 1. The first-order valence-corrected chi connectivity index (χ1v) is 6.25. The highest BCUT2D eigenvalue weighted by Crippen LogP contribution is 2.26. The van der Waals surface area contributed by atoms with Crippen LogP contribution in [0.4, 0.5) is 17.2 Å². The van der Waals surface area contributed by atoms with E-state index in [9.17, 15) is 14.9 Å². The minimum atomic E-state index is -0.587. The van der Waals surface area contributed by atoms with Crippen molar-refractivity contribution in [2.75, 3.05) is 11.1 Å². The van der Waals surface area contributed by atoms with E-state index in [1.54, 1.807) is 13.0 Å². The third-order valence-corrected chi connectivity index (χ3v) is 3.14. The van der Waals surface area contributed by atoms with Crippen molar-refractivity contribution in [1.29, 1.82) is 0 Å². The van der Waals surface area contributed by atoms with Gasteiger partial charge in [0.05, 0.1) is 21.2 Å². The van der Waals surface area contributed by atoms with Gasteiger partial charge >= 0.3 is 0 Å². The molecule has 0 unspecified atom stereocenters. The van der Waals surface area contributed by atoms with E-state index in [1.165, 1.54) is 24.3 Å². The molecular formula is C13H11ClN4O3. The molecule has 2 aromatic rings. The van der Waals surface area contributed by atoms with E-state index < -0.39 is 10.8 Å². The summed E-state index contributed by atoms with van der Waals surface area (Å²) in [6.07, 6.45) is 0. The smallest absolute Gasteiger partial charge is 0.275 e. The Morgan fingerprint density at radius 2 is 2.10 bits per heavy atom. The van der Waals surface area contributed by atoms with Crippen LogP contribution in [-0.4, -0.2) is 15.8 Å². The Morgan fingerprint density at radius 1 is 1.38 bits per heavy atom. The molecule has 2 rings (SSSR count). The zero-order valence-corrected chi connectivity index (χ0v) is 11.7. The highest BCUT2D eigenvalue weighted by molar-refractivity contribution is 6.34. The Labute approximate surface area is 124 Å². The molecule has 1 aromatic carbocycles. The second kappa shape index (κ2) is 5.76. The summed E-state index contributed by atoms with van der Waals surface area (Å²) in [4.78, 5) is 26.3. The van der Waals surface area contributed by atoms with Gasteiger partial charge in [-0.3, -0.25) is 14.9 Å². The number of nitrogens with one attached hydrogen (secondary N) is 1. The zero-order chi connectivity index (χ0) is 15.6. The van der Waals surface area contributed by atoms with E-state index >= 15 is 0 Å². The van der Waals surface area contributed by atoms with Crippen LogP contribution in [0, 0.1) is 17.0 Å². The van der Waals surface area contributed by atoms with Crippen LogP contribution in [0.2, 0.25) is 5.02 Å². The lowest BCUT2D eigenvalue weighted by atomic mass is 10.1. The topological polar surface area (TPSA) is 111 Å². The number of nitrogens with zero attached hydrogens (tertiary/aromatic N) is 2. The number of benzene rings is 1. The molecule has 0 aliphatic heterocycles. The van der Waals surface area contributed by atoms with Gasteiger partial charge in [0, 0.05) is 6.07 Å². The number of pyridine rings is 1. The van der Waals surface area contributed by atoms with E-state index in [0.29, 0.717) is 11.3 Å². The fraction of sp³-hybridized carbons (Fsp3) is 0.0769. The van der Waals surface area contributed by atoms with Crippen LogP contribution in [0.1, 0.15) is 16.1 Å². The minimum Gasteiger partial charge on any atom is -0.384 e. The first-order valence-electron chi connectivity index (χ1n) is 5.87. The van der Waals surface area contributed by atoms with Crippen LogP contribution in [-0.2, 0) is 0 Å². The highest BCUT2D eigenvalue weighted by atomic mass is 35.5. The van der Waals surface area contributed by atoms with Crippen LogP contribution < -0.4 is 11.1 Å². The maximum Gasteiger partial charge on any atom is 0.275 e. The van der Waals surface area contributed by atoms with Gasteiger partial charge in [0.15, 0.2) is 0 Å². The average Bonchev–Trinajstić information content (AvgIpc) is 2.43. The number of nitro benzene ring substituents is 1. The number of amides is 1. The van der Waals surface area contributed by atoms with Gasteiger partial charge in [-0.15, -0.1) is 0 Å². The number of hydrogen-bond acceptors (Lipinski definition) is 5. The van der Waals surface area contributed by atoms with E-state index in [1.807, 2.05) is 0 Å². The molecule has 7 nitrogen and oxygen atoms in total. The molecule has 0 atom stereocenters. The quantitative estimate of drug-likeness (QED) is 0.669. The Morgan fingerprint density at radius 3 is 2.76 bits per heavy atom. The van der Waals surface area contributed by atoms with Crippen LogP contribution in [0.25, 0.3) is 0 Å². The van der Waals surface area contributed by atoms with Gasteiger partial charge < -0.3 is 11.1 Å². The maximum absolute atomic E-state index is 12.1. The lowest BCUT2D eigenvalue weighted by Gasteiger charge is -2.09. The van der Waals surface area contributed by atoms with Gasteiger partial charge in [-0.1, -0.05) is 17.7 Å². The van der Waals surface area contributed by atoms with Gasteiger partial charge in [-0.05, 0) is 25.1 Å². The molecule has 0 bridgehead atoms. The number of rotatable bonds is 3. The zero-order valence-electron chi connectivity index (χ0n) is 11.0. The SMILES string of the molecule is Cc1c(NC(=O)c2nc(N)ccc2Cl)cccc1[N+](=O)[O-]. The normalized spacial score (nSPS) is 10.2. The molecule has 3 N–H and O–H groups in total. The summed E-state index contributed by atoms with van der Waals surface area (Å²) < 4.78 is 0. The Bertz CT molecular complexity index is 733.